The van der Waals surface area contributed by atoms with E-state index < -0.39 is 14.9 Å². The minimum Gasteiger partial charge on any atom is -0.326 e. The fourth-order valence-electron chi connectivity index (χ4n) is 2.03. The Labute approximate surface area is 149 Å². The average molecular weight is 376 g/mol. The van der Waals surface area contributed by atoms with Gasteiger partial charge in [0.1, 0.15) is 0 Å². The number of benzene rings is 2. The Morgan fingerprint density at radius 3 is 2.42 bits per heavy atom. The van der Waals surface area contributed by atoms with E-state index >= 15 is 0 Å². The lowest BCUT2D eigenvalue weighted by Crippen LogP contribution is -2.18. The molecule has 0 unspecified atom stereocenters. The molecule has 0 aliphatic rings. The van der Waals surface area contributed by atoms with E-state index in [0.717, 1.165) is 6.07 Å². The molecule has 0 atom stereocenters. The lowest BCUT2D eigenvalue weighted by atomic mass is 10.2. The molecule has 0 heterocycles. The van der Waals surface area contributed by atoms with E-state index in [9.17, 15) is 23.3 Å². The maximum absolute atomic E-state index is 12.2. The van der Waals surface area contributed by atoms with Gasteiger partial charge in [0.25, 0.3) is 15.7 Å². The van der Waals surface area contributed by atoms with Gasteiger partial charge in [0, 0.05) is 24.2 Å². The van der Waals surface area contributed by atoms with Crippen LogP contribution in [0.3, 0.4) is 0 Å². The summed E-state index contributed by atoms with van der Waals surface area (Å²) in [4.78, 5) is 23.0. The molecule has 0 aromatic heterocycles. The molecule has 0 bridgehead atoms. The molecule has 0 aliphatic heterocycles. The van der Waals surface area contributed by atoms with Crippen molar-refractivity contribution in [3.63, 3.8) is 0 Å². The fraction of sp³-hybridized carbons (Fsp3) is 0.125. The molecule has 0 saturated heterocycles. The van der Waals surface area contributed by atoms with Crippen molar-refractivity contribution in [2.45, 2.75) is 18.7 Å². The molecule has 2 aromatic rings. The van der Waals surface area contributed by atoms with Crippen LogP contribution < -0.4 is 10.1 Å². The summed E-state index contributed by atoms with van der Waals surface area (Å²) in [5.74, 6) is -0.202. The highest BCUT2D eigenvalue weighted by Gasteiger charge is 2.19. The number of anilines is 1. The van der Waals surface area contributed by atoms with Crippen LogP contribution in [0.15, 0.2) is 52.5 Å². The van der Waals surface area contributed by atoms with Gasteiger partial charge in [-0.25, -0.2) is 4.83 Å². The number of hydrazone groups is 1. The minimum absolute atomic E-state index is 0.202. The summed E-state index contributed by atoms with van der Waals surface area (Å²) >= 11 is 0. The standard InChI is InChI=1S/C16H16N4O5S/c1-11-3-8-15(9-16(11)20(22)23)26(24,25)19-17-10-13-4-6-14(7-5-13)18-12(2)21/h3-10,19H,1-2H3,(H,18,21)/b17-10+. The van der Waals surface area contributed by atoms with Crippen LogP contribution in [0, 0.1) is 17.0 Å². The van der Waals surface area contributed by atoms with Gasteiger partial charge in [-0.2, -0.15) is 13.5 Å². The topological polar surface area (TPSA) is 131 Å². The van der Waals surface area contributed by atoms with Crippen molar-refractivity contribution in [1.29, 1.82) is 0 Å². The number of hydrogen-bond acceptors (Lipinski definition) is 6. The maximum Gasteiger partial charge on any atom is 0.276 e. The molecule has 0 spiro atoms. The van der Waals surface area contributed by atoms with Crippen molar-refractivity contribution in [2.75, 3.05) is 5.32 Å². The first-order valence-corrected chi connectivity index (χ1v) is 8.85. The molecule has 2 N–H and O–H groups in total. The molecule has 0 saturated carbocycles. The Balaban J connectivity index is 2.12. The largest absolute Gasteiger partial charge is 0.326 e. The van der Waals surface area contributed by atoms with E-state index in [0.29, 0.717) is 16.8 Å². The molecular formula is C16H16N4O5S. The third-order valence-electron chi connectivity index (χ3n) is 3.31. The third-order valence-corrected chi connectivity index (χ3v) is 4.53. The van der Waals surface area contributed by atoms with Gasteiger partial charge in [0.2, 0.25) is 5.91 Å². The van der Waals surface area contributed by atoms with Gasteiger partial charge >= 0.3 is 0 Å². The minimum atomic E-state index is -4.04. The van der Waals surface area contributed by atoms with Gasteiger partial charge in [-0.15, -0.1) is 0 Å². The monoisotopic (exact) mass is 376 g/mol. The quantitative estimate of drug-likeness (QED) is 0.453. The van der Waals surface area contributed by atoms with Crippen LogP contribution >= 0.6 is 0 Å². The van der Waals surface area contributed by atoms with Crippen molar-refractivity contribution < 1.29 is 18.1 Å². The number of carbonyl (C=O) groups excluding carboxylic acids is 1. The number of hydrogen-bond donors (Lipinski definition) is 2. The summed E-state index contributed by atoms with van der Waals surface area (Å²) in [5.41, 5.74) is 1.26. The smallest absolute Gasteiger partial charge is 0.276 e. The van der Waals surface area contributed by atoms with Gasteiger partial charge in [-0.05, 0) is 30.7 Å². The van der Waals surface area contributed by atoms with Crippen LogP contribution in [0.4, 0.5) is 11.4 Å². The number of nitrogens with one attached hydrogen (secondary N) is 2. The zero-order valence-electron chi connectivity index (χ0n) is 14.0. The van der Waals surface area contributed by atoms with Crippen LogP contribution in [0.25, 0.3) is 0 Å². The third kappa shape index (κ3) is 4.86. The molecule has 0 fully saturated rings. The number of rotatable bonds is 6. The SMILES string of the molecule is CC(=O)Nc1ccc(/C=N/NS(=O)(=O)c2ccc(C)c([N+](=O)[O-])c2)cc1. The Hall–Kier alpha value is -3.27. The lowest BCUT2D eigenvalue weighted by molar-refractivity contribution is -0.385. The van der Waals surface area contributed by atoms with Crippen LogP contribution in [-0.4, -0.2) is 25.5 Å². The second kappa shape index (κ2) is 7.74. The van der Waals surface area contributed by atoms with Crippen LogP contribution in [0.5, 0.6) is 0 Å². The van der Waals surface area contributed by atoms with E-state index in [2.05, 4.69) is 10.4 Å². The number of sulfonamides is 1. The van der Waals surface area contributed by atoms with E-state index in [4.69, 9.17) is 0 Å². The van der Waals surface area contributed by atoms with Crippen LogP contribution in [0.1, 0.15) is 18.1 Å². The molecule has 10 heteroatoms. The number of nitro benzene ring substituents is 1. The number of amides is 1. The van der Waals surface area contributed by atoms with Crippen molar-refractivity contribution in [3.05, 3.63) is 63.7 Å². The van der Waals surface area contributed by atoms with E-state index in [1.54, 1.807) is 24.3 Å². The fourth-order valence-corrected chi connectivity index (χ4v) is 2.84. The normalized spacial score (nSPS) is 11.3. The van der Waals surface area contributed by atoms with Crippen molar-refractivity contribution in [2.24, 2.45) is 5.10 Å². The first-order chi connectivity index (χ1) is 12.2. The summed E-state index contributed by atoms with van der Waals surface area (Å²) in [6.07, 6.45) is 1.28. The zero-order valence-corrected chi connectivity index (χ0v) is 14.8. The highest BCUT2D eigenvalue weighted by atomic mass is 32.2. The predicted octanol–water partition coefficient (Wildman–Crippen LogP) is 2.17. The molecular weight excluding hydrogens is 360 g/mol. The highest BCUT2D eigenvalue weighted by Crippen LogP contribution is 2.22. The van der Waals surface area contributed by atoms with E-state index in [1.165, 1.54) is 32.2 Å². The van der Waals surface area contributed by atoms with Crippen LogP contribution in [0.2, 0.25) is 0 Å². The van der Waals surface area contributed by atoms with E-state index in [-0.39, 0.29) is 16.5 Å². The second-order valence-electron chi connectivity index (χ2n) is 5.36. The Kier molecular flexibility index (Phi) is 5.68. The summed E-state index contributed by atoms with van der Waals surface area (Å²) < 4.78 is 24.4. The van der Waals surface area contributed by atoms with Gasteiger partial charge in [-0.3, -0.25) is 14.9 Å². The first-order valence-electron chi connectivity index (χ1n) is 7.36. The molecule has 26 heavy (non-hydrogen) atoms. The number of carbonyl (C=O) groups is 1. The summed E-state index contributed by atoms with van der Waals surface area (Å²) in [6.45, 7) is 2.91. The van der Waals surface area contributed by atoms with Gasteiger partial charge in [0.15, 0.2) is 0 Å². The predicted molar refractivity (Wildman–Crippen MR) is 96.5 cm³/mol. The molecule has 1 amide bonds. The molecule has 9 nitrogen and oxygen atoms in total. The lowest BCUT2D eigenvalue weighted by Gasteiger charge is -2.05. The molecule has 136 valence electrons. The molecule has 2 rings (SSSR count). The van der Waals surface area contributed by atoms with Gasteiger partial charge in [0.05, 0.1) is 16.0 Å². The Morgan fingerprint density at radius 1 is 1.19 bits per heavy atom. The summed E-state index contributed by atoms with van der Waals surface area (Å²) in [5, 5.41) is 17.2. The van der Waals surface area contributed by atoms with Crippen molar-refractivity contribution >= 4 is 33.5 Å². The second-order valence-corrected chi connectivity index (χ2v) is 7.02. The zero-order chi connectivity index (χ0) is 19.3. The molecule has 0 aliphatic carbocycles. The van der Waals surface area contributed by atoms with E-state index in [1.807, 2.05) is 4.83 Å². The number of nitro groups is 1. The Bertz CT molecular complexity index is 969. The van der Waals surface area contributed by atoms with Gasteiger partial charge in [-0.1, -0.05) is 18.2 Å². The number of nitrogens with zero attached hydrogens (tertiary/aromatic N) is 2. The highest BCUT2D eigenvalue weighted by molar-refractivity contribution is 7.89. The number of aryl methyl sites for hydroxylation is 1. The van der Waals surface area contributed by atoms with Crippen LogP contribution in [-0.2, 0) is 14.8 Å². The average Bonchev–Trinajstić information content (AvgIpc) is 2.55. The summed E-state index contributed by atoms with van der Waals surface area (Å²) in [7, 11) is -4.04. The molecule has 0 radical (unpaired) electrons. The first kappa shape index (κ1) is 19.1. The van der Waals surface area contributed by atoms with Gasteiger partial charge < -0.3 is 5.32 Å². The van der Waals surface area contributed by atoms with Crippen molar-refractivity contribution in [1.82, 2.24) is 4.83 Å². The summed E-state index contributed by atoms with van der Waals surface area (Å²) in [6, 6.07) is 10.2. The molecule has 2 aromatic carbocycles. The maximum atomic E-state index is 12.2. The van der Waals surface area contributed by atoms with Crippen molar-refractivity contribution in [3.8, 4) is 0 Å². The Morgan fingerprint density at radius 2 is 1.85 bits per heavy atom.